The number of nitrogens with two attached hydrogens (primary N) is 1. The van der Waals surface area contributed by atoms with Crippen LogP contribution in [0, 0.1) is 5.82 Å². The van der Waals surface area contributed by atoms with Gasteiger partial charge in [0.25, 0.3) is 0 Å². The van der Waals surface area contributed by atoms with Crippen molar-refractivity contribution in [2.24, 2.45) is 0 Å². The smallest absolute Gasteiger partial charge is 0.125 e. The lowest BCUT2D eigenvalue weighted by molar-refractivity contribution is 0.628. The number of hydrogen-bond acceptors (Lipinski definition) is 2. The minimum atomic E-state index is -0.325. The van der Waals surface area contributed by atoms with Gasteiger partial charge in [0.1, 0.15) is 5.82 Å². The van der Waals surface area contributed by atoms with Gasteiger partial charge in [0.05, 0.1) is 11.4 Å². The Morgan fingerprint density at radius 2 is 1.89 bits per heavy atom. The summed E-state index contributed by atoms with van der Waals surface area (Å²) >= 11 is 0. The van der Waals surface area contributed by atoms with Gasteiger partial charge in [-0.2, -0.15) is 0 Å². The van der Waals surface area contributed by atoms with Crippen LogP contribution >= 0.6 is 0 Å². The first-order valence-electron chi connectivity index (χ1n) is 5.98. The summed E-state index contributed by atoms with van der Waals surface area (Å²) < 4.78 is 12.9. The highest BCUT2D eigenvalue weighted by Gasteiger charge is 2.03. The number of nitrogens with one attached hydrogen (secondary N) is 1. The van der Waals surface area contributed by atoms with E-state index >= 15 is 0 Å². The molecule has 0 saturated carbocycles. The molecule has 0 amide bonds. The molecule has 0 spiro atoms. The van der Waals surface area contributed by atoms with Gasteiger partial charge in [-0.1, -0.05) is 26.0 Å². The summed E-state index contributed by atoms with van der Waals surface area (Å²) in [6.45, 7) is 4.29. The monoisotopic (exact) mass is 244 g/mol. The first kappa shape index (κ1) is 12.4. The van der Waals surface area contributed by atoms with E-state index in [2.05, 4.69) is 31.3 Å². The van der Waals surface area contributed by atoms with Crippen LogP contribution in [0.1, 0.15) is 25.3 Å². The number of hydrogen-bond donors (Lipinski definition) is 2. The average molecular weight is 244 g/mol. The predicted octanol–water partition coefficient (Wildman–Crippen LogP) is 4.27. The minimum Gasteiger partial charge on any atom is -0.397 e. The number of anilines is 3. The zero-order chi connectivity index (χ0) is 13.1. The molecule has 0 aliphatic heterocycles. The number of halogens is 1. The van der Waals surface area contributed by atoms with Gasteiger partial charge in [-0.25, -0.2) is 4.39 Å². The summed E-state index contributed by atoms with van der Waals surface area (Å²) in [7, 11) is 0. The highest BCUT2D eigenvalue weighted by molar-refractivity contribution is 5.72. The van der Waals surface area contributed by atoms with Crippen LogP contribution in [0.25, 0.3) is 0 Å². The molecule has 0 unspecified atom stereocenters. The molecule has 94 valence electrons. The van der Waals surface area contributed by atoms with E-state index in [1.165, 1.54) is 17.7 Å². The van der Waals surface area contributed by atoms with E-state index in [0.29, 0.717) is 11.6 Å². The Kier molecular flexibility index (Phi) is 3.51. The second kappa shape index (κ2) is 5.08. The van der Waals surface area contributed by atoms with Crippen LogP contribution in [0.3, 0.4) is 0 Å². The van der Waals surface area contributed by atoms with Crippen molar-refractivity contribution < 1.29 is 4.39 Å². The molecule has 0 bridgehead atoms. The molecule has 0 heterocycles. The van der Waals surface area contributed by atoms with E-state index in [0.717, 1.165) is 11.4 Å². The Labute approximate surface area is 107 Å². The van der Waals surface area contributed by atoms with Gasteiger partial charge in [-0.15, -0.1) is 0 Å². The van der Waals surface area contributed by atoms with Crippen molar-refractivity contribution in [2.45, 2.75) is 19.8 Å². The molecule has 2 rings (SSSR count). The van der Waals surface area contributed by atoms with E-state index < -0.39 is 0 Å². The SMILES string of the molecule is CC(C)c1cccc(Nc2ccc(F)cc2N)c1. The van der Waals surface area contributed by atoms with Gasteiger partial charge in [0.15, 0.2) is 0 Å². The second-order valence-corrected chi connectivity index (χ2v) is 4.64. The van der Waals surface area contributed by atoms with Crippen LogP contribution in [0.4, 0.5) is 21.5 Å². The van der Waals surface area contributed by atoms with Gasteiger partial charge in [0, 0.05) is 5.69 Å². The van der Waals surface area contributed by atoms with Crippen molar-refractivity contribution in [2.75, 3.05) is 11.1 Å². The molecule has 2 aromatic carbocycles. The van der Waals surface area contributed by atoms with Crippen LogP contribution in [0.2, 0.25) is 0 Å². The average Bonchev–Trinajstić information content (AvgIpc) is 2.33. The van der Waals surface area contributed by atoms with Crippen LogP contribution in [0.15, 0.2) is 42.5 Å². The molecular weight excluding hydrogens is 227 g/mol. The summed E-state index contributed by atoms with van der Waals surface area (Å²) in [6, 6.07) is 12.5. The maximum absolute atomic E-state index is 12.9. The van der Waals surface area contributed by atoms with Crippen molar-refractivity contribution in [1.82, 2.24) is 0 Å². The van der Waals surface area contributed by atoms with E-state index in [1.807, 2.05) is 12.1 Å². The number of rotatable bonds is 3. The Bertz CT molecular complexity index is 550. The molecular formula is C15H17FN2. The fourth-order valence-corrected chi connectivity index (χ4v) is 1.78. The summed E-state index contributed by atoms with van der Waals surface area (Å²) in [6.07, 6.45) is 0. The first-order valence-corrected chi connectivity index (χ1v) is 5.98. The highest BCUT2D eigenvalue weighted by Crippen LogP contribution is 2.25. The lowest BCUT2D eigenvalue weighted by Gasteiger charge is -2.12. The quantitative estimate of drug-likeness (QED) is 0.791. The number of nitrogen functional groups attached to an aromatic ring is 1. The molecule has 3 heteroatoms. The molecule has 0 aromatic heterocycles. The normalized spacial score (nSPS) is 10.7. The van der Waals surface area contributed by atoms with Crippen molar-refractivity contribution in [3.05, 3.63) is 53.8 Å². The minimum absolute atomic E-state index is 0.325. The lowest BCUT2D eigenvalue weighted by atomic mass is 10.0. The van der Waals surface area contributed by atoms with Gasteiger partial charge < -0.3 is 11.1 Å². The van der Waals surface area contributed by atoms with Crippen LogP contribution in [0.5, 0.6) is 0 Å². The Morgan fingerprint density at radius 1 is 1.11 bits per heavy atom. The van der Waals surface area contributed by atoms with Crippen molar-refractivity contribution in [1.29, 1.82) is 0 Å². The van der Waals surface area contributed by atoms with E-state index in [1.54, 1.807) is 6.07 Å². The van der Waals surface area contributed by atoms with Gasteiger partial charge in [-0.3, -0.25) is 0 Å². The van der Waals surface area contributed by atoms with E-state index in [9.17, 15) is 4.39 Å². The topological polar surface area (TPSA) is 38.0 Å². The molecule has 0 atom stereocenters. The van der Waals surface area contributed by atoms with Crippen molar-refractivity contribution in [3.8, 4) is 0 Å². The molecule has 18 heavy (non-hydrogen) atoms. The molecule has 0 radical (unpaired) electrons. The summed E-state index contributed by atoms with van der Waals surface area (Å²) in [5.74, 6) is 0.145. The van der Waals surface area contributed by atoms with Crippen molar-refractivity contribution >= 4 is 17.1 Å². The molecule has 0 aliphatic rings. The zero-order valence-electron chi connectivity index (χ0n) is 10.6. The Hall–Kier alpha value is -2.03. The van der Waals surface area contributed by atoms with Crippen LogP contribution in [-0.2, 0) is 0 Å². The van der Waals surface area contributed by atoms with E-state index in [-0.39, 0.29) is 5.82 Å². The summed E-state index contributed by atoms with van der Waals surface area (Å²) in [5, 5.41) is 3.20. The fourth-order valence-electron chi connectivity index (χ4n) is 1.78. The molecule has 3 N–H and O–H groups in total. The Morgan fingerprint density at radius 3 is 2.56 bits per heavy atom. The van der Waals surface area contributed by atoms with Crippen molar-refractivity contribution in [3.63, 3.8) is 0 Å². The number of benzene rings is 2. The van der Waals surface area contributed by atoms with Crippen LogP contribution in [-0.4, -0.2) is 0 Å². The Balaban J connectivity index is 2.25. The van der Waals surface area contributed by atoms with Gasteiger partial charge in [0.2, 0.25) is 0 Å². The molecule has 0 aliphatic carbocycles. The molecule has 2 aromatic rings. The second-order valence-electron chi connectivity index (χ2n) is 4.64. The van der Waals surface area contributed by atoms with E-state index in [4.69, 9.17) is 5.73 Å². The highest BCUT2D eigenvalue weighted by atomic mass is 19.1. The van der Waals surface area contributed by atoms with Gasteiger partial charge >= 0.3 is 0 Å². The van der Waals surface area contributed by atoms with Crippen LogP contribution < -0.4 is 11.1 Å². The third-order valence-corrected chi connectivity index (χ3v) is 2.85. The summed E-state index contributed by atoms with van der Waals surface area (Å²) in [4.78, 5) is 0. The third-order valence-electron chi connectivity index (χ3n) is 2.85. The van der Waals surface area contributed by atoms with Gasteiger partial charge in [-0.05, 0) is 41.8 Å². The third kappa shape index (κ3) is 2.80. The zero-order valence-corrected chi connectivity index (χ0v) is 10.6. The maximum atomic E-state index is 12.9. The molecule has 0 saturated heterocycles. The molecule has 2 nitrogen and oxygen atoms in total. The first-order chi connectivity index (χ1) is 8.56. The fraction of sp³-hybridized carbons (Fsp3) is 0.200. The standard InChI is InChI=1S/C15H17FN2/c1-10(2)11-4-3-5-13(8-11)18-15-7-6-12(16)9-14(15)17/h3-10,18H,17H2,1-2H3. The maximum Gasteiger partial charge on any atom is 0.125 e. The largest absolute Gasteiger partial charge is 0.397 e. The molecule has 0 fully saturated rings. The summed E-state index contributed by atoms with van der Waals surface area (Å²) in [5.41, 5.74) is 9.10. The lowest BCUT2D eigenvalue weighted by Crippen LogP contribution is -1.98. The predicted molar refractivity (Wildman–Crippen MR) is 74.6 cm³/mol.